The molecule has 0 saturated carbocycles. The normalized spacial score (nSPS) is 11.4. The molecule has 3 aromatic rings. The fourth-order valence-electron chi connectivity index (χ4n) is 2.59. The Morgan fingerprint density at radius 3 is 2.48 bits per heavy atom. The summed E-state index contributed by atoms with van der Waals surface area (Å²) in [6.07, 6.45) is -4.83. The Hall–Kier alpha value is -3.43. The maximum absolute atomic E-state index is 13.7. The summed E-state index contributed by atoms with van der Waals surface area (Å²) in [7, 11) is 0. The van der Waals surface area contributed by atoms with Crippen LogP contribution in [0.4, 0.5) is 22.0 Å². The van der Waals surface area contributed by atoms with Crippen LogP contribution in [-0.2, 0) is 6.54 Å². The molecule has 0 fully saturated rings. The molecule has 1 N–H and O–H groups in total. The van der Waals surface area contributed by atoms with Crippen LogP contribution in [0.25, 0.3) is 11.3 Å². The zero-order valence-electron chi connectivity index (χ0n) is 14.8. The Morgan fingerprint density at radius 2 is 1.83 bits per heavy atom. The Bertz CT molecular complexity index is 1030. The molecule has 0 saturated heterocycles. The third-order valence-corrected chi connectivity index (χ3v) is 3.91. The van der Waals surface area contributed by atoms with Gasteiger partial charge in [0.25, 0.3) is 5.91 Å². The summed E-state index contributed by atoms with van der Waals surface area (Å²) in [5.74, 6) is -3.21. The van der Waals surface area contributed by atoms with Crippen LogP contribution in [-0.4, -0.2) is 17.4 Å². The van der Waals surface area contributed by atoms with Gasteiger partial charge in [-0.1, -0.05) is 17.3 Å². The van der Waals surface area contributed by atoms with Crippen LogP contribution < -0.4 is 10.1 Å². The van der Waals surface area contributed by atoms with Gasteiger partial charge in [0.1, 0.15) is 11.3 Å². The zero-order chi connectivity index (χ0) is 21.2. The summed E-state index contributed by atoms with van der Waals surface area (Å²) in [5.41, 5.74) is 0.462. The van der Waals surface area contributed by atoms with Crippen molar-refractivity contribution >= 4 is 5.91 Å². The van der Waals surface area contributed by atoms with Crippen LogP contribution >= 0.6 is 0 Å². The summed E-state index contributed by atoms with van der Waals surface area (Å²) in [6, 6.07) is 8.23. The average molecular weight is 412 g/mol. The number of nitrogens with one attached hydrogen (secondary N) is 1. The third-order valence-electron chi connectivity index (χ3n) is 3.91. The van der Waals surface area contributed by atoms with Crippen molar-refractivity contribution in [3.8, 4) is 17.1 Å². The molecule has 152 valence electrons. The summed E-state index contributed by atoms with van der Waals surface area (Å²) < 4.78 is 72.7. The first-order valence-corrected chi connectivity index (χ1v) is 8.19. The monoisotopic (exact) mass is 412 g/mol. The predicted octanol–water partition coefficient (Wildman–Crippen LogP) is 4.76. The minimum Gasteiger partial charge on any atom is -0.406 e. The van der Waals surface area contributed by atoms with Crippen molar-refractivity contribution in [1.29, 1.82) is 0 Å². The number of hydrogen-bond acceptors (Lipinski definition) is 4. The Morgan fingerprint density at radius 1 is 1.14 bits per heavy atom. The standard InChI is InChI=1S/C19H13F5N2O3/c1-10-15(18(27)25-9-12-3-2-4-14(20)16(12)21)17(29-26-10)11-5-7-13(8-6-11)28-19(22,23)24/h2-8H,9H2,1H3,(H,25,27). The van der Waals surface area contributed by atoms with E-state index in [2.05, 4.69) is 15.2 Å². The second-order valence-corrected chi connectivity index (χ2v) is 5.94. The summed E-state index contributed by atoms with van der Waals surface area (Å²) in [6.45, 7) is 1.21. The maximum Gasteiger partial charge on any atom is 0.573 e. The molecule has 0 aliphatic carbocycles. The molecule has 10 heteroatoms. The summed E-state index contributed by atoms with van der Waals surface area (Å²) in [4.78, 5) is 12.5. The van der Waals surface area contributed by atoms with Gasteiger partial charge in [0, 0.05) is 17.7 Å². The topological polar surface area (TPSA) is 64.4 Å². The van der Waals surface area contributed by atoms with E-state index in [1.165, 1.54) is 31.2 Å². The number of carbonyl (C=O) groups is 1. The Kier molecular flexibility index (Phi) is 5.53. The first kappa shape index (κ1) is 20.3. The Balaban J connectivity index is 1.80. The highest BCUT2D eigenvalue weighted by atomic mass is 19.4. The fraction of sp³-hybridized carbons (Fsp3) is 0.158. The molecule has 0 atom stereocenters. The lowest BCUT2D eigenvalue weighted by molar-refractivity contribution is -0.274. The molecule has 2 aromatic carbocycles. The SMILES string of the molecule is Cc1noc(-c2ccc(OC(F)(F)F)cc2)c1C(=O)NCc1cccc(F)c1F. The van der Waals surface area contributed by atoms with Gasteiger partial charge in [-0.2, -0.15) is 0 Å². The van der Waals surface area contributed by atoms with Crippen LogP contribution in [0, 0.1) is 18.6 Å². The lowest BCUT2D eigenvalue weighted by Gasteiger charge is -2.09. The van der Waals surface area contributed by atoms with Crippen molar-refractivity contribution < 1.29 is 36.0 Å². The molecule has 0 aliphatic rings. The third kappa shape index (κ3) is 4.71. The van der Waals surface area contributed by atoms with Gasteiger partial charge in [-0.25, -0.2) is 8.78 Å². The van der Waals surface area contributed by atoms with Crippen LogP contribution in [0.15, 0.2) is 47.0 Å². The van der Waals surface area contributed by atoms with E-state index in [9.17, 15) is 26.7 Å². The molecule has 0 spiro atoms. The van der Waals surface area contributed by atoms with Crippen LogP contribution in [0.1, 0.15) is 21.6 Å². The molecule has 0 unspecified atom stereocenters. The predicted molar refractivity (Wildman–Crippen MR) is 90.9 cm³/mol. The molecule has 1 heterocycles. The molecule has 0 bridgehead atoms. The highest BCUT2D eigenvalue weighted by Crippen LogP contribution is 2.29. The fourth-order valence-corrected chi connectivity index (χ4v) is 2.59. The summed E-state index contributed by atoms with van der Waals surface area (Å²) in [5, 5.41) is 6.15. The van der Waals surface area contributed by atoms with Crippen LogP contribution in [0.3, 0.4) is 0 Å². The van der Waals surface area contributed by atoms with Gasteiger partial charge in [0.15, 0.2) is 17.4 Å². The smallest absolute Gasteiger partial charge is 0.406 e. The van der Waals surface area contributed by atoms with Gasteiger partial charge >= 0.3 is 6.36 Å². The number of aromatic nitrogens is 1. The molecule has 1 aromatic heterocycles. The van der Waals surface area contributed by atoms with E-state index in [4.69, 9.17) is 4.52 Å². The number of rotatable bonds is 5. The quantitative estimate of drug-likeness (QED) is 0.614. The number of ether oxygens (including phenoxy) is 1. The van der Waals surface area contributed by atoms with E-state index < -0.39 is 29.7 Å². The number of aryl methyl sites for hydroxylation is 1. The maximum atomic E-state index is 13.7. The highest BCUT2D eigenvalue weighted by molar-refractivity contribution is 6.00. The number of carbonyl (C=O) groups excluding carboxylic acids is 1. The van der Waals surface area contributed by atoms with Gasteiger partial charge in [-0.05, 0) is 37.3 Å². The van der Waals surface area contributed by atoms with Crippen molar-refractivity contribution in [3.05, 3.63) is 70.9 Å². The first-order valence-electron chi connectivity index (χ1n) is 8.19. The van der Waals surface area contributed by atoms with Crippen molar-refractivity contribution in [1.82, 2.24) is 10.5 Å². The molecule has 0 radical (unpaired) electrons. The average Bonchev–Trinajstić information content (AvgIpc) is 3.03. The van der Waals surface area contributed by atoms with E-state index in [0.717, 1.165) is 18.2 Å². The van der Waals surface area contributed by atoms with Crippen molar-refractivity contribution in [2.75, 3.05) is 0 Å². The van der Waals surface area contributed by atoms with Crippen molar-refractivity contribution in [2.45, 2.75) is 19.8 Å². The van der Waals surface area contributed by atoms with E-state index in [1.807, 2.05) is 0 Å². The van der Waals surface area contributed by atoms with E-state index in [0.29, 0.717) is 0 Å². The van der Waals surface area contributed by atoms with Crippen molar-refractivity contribution in [3.63, 3.8) is 0 Å². The number of halogens is 5. The lowest BCUT2D eigenvalue weighted by Crippen LogP contribution is -2.24. The second-order valence-electron chi connectivity index (χ2n) is 5.94. The lowest BCUT2D eigenvalue weighted by atomic mass is 10.1. The van der Waals surface area contributed by atoms with E-state index in [1.54, 1.807) is 0 Å². The molecule has 5 nitrogen and oxygen atoms in total. The van der Waals surface area contributed by atoms with E-state index >= 15 is 0 Å². The van der Waals surface area contributed by atoms with Gasteiger partial charge < -0.3 is 14.6 Å². The second kappa shape index (κ2) is 7.90. The molecule has 29 heavy (non-hydrogen) atoms. The number of amides is 1. The van der Waals surface area contributed by atoms with Crippen molar-refractivity contribution in [2.24, 2.45) is 0 Å². The number of alkyl halides is 3. The zero-order valence-corrected chi connectivity index (χ0v) is 14.8. The molecular weight excluding hydrogens is 399 g/mol. The number of hydrogen-bond donors (Lipinski definition) is 1. The highest BCUT2D eigenvalue weighted by Gasteiger charge is 2.31. The van der Waals surface area contributed by atoms with Gasteiger partial charge in [0.05, 0.1) is 5.69 Å². The minimum absolute atomic E-state index is 0.0123. The molecule has 0 aliphatic heterocycles. The van der Waals surface area contributed by atoms with Gasteiger partial charge in [0.2, 0.25) is 0 Å². The van der Waals surface area contributed by atoms with Gasteiger partial charge in [-0.15, -0.1) is 13.2 Å². The number of nitrogens with zero attached hydrogens (tertiary/aromatic N) is 1. The van der Waals surface area contributed by atoms with E-state index in [-0.39, 0.29) is 34.7 Å². The van der Waals surface area contributed by atoms with Crippen LogP contribution in [0.2, 0.25) is 0 Å². The number of benzene rings is 2. The molecule has 1 amide bonds. The summed E-state index contributed by atoms with van der Waals surface area (Å²) >= 11 is 0. The first-order chi connectivity index (χ1) is 13.7. The molecular formula is C19H13F5N2O3. The Labute approximate surface area is 161 Å². The van der Waals surface area contributed by atoms with Crippen LogP contribution in [0.5, 0.6) is 5.75 Å². The molecule has 3 rings (SSSR count). The van der Waals surface area contributed by atoms with Gasteiger partial charge in [-0.3, -0.25) is 4.79 Å². The minimum atomic E-state index is -4.83. The largest absolute Gasteiger partial charge is 0.573 e.